The van der Waals surface area contributed by atoms with Crippen LogP contribution in [0.5, 0.6) is 0 Å². The Kier molecular flexibility index (Phi) is 5.81. The van der Waals surface area contributed by atoms with Gasteiger partial charge in [0.05, 0.1) is 24.4 Å². The number of rotatable bonds is 8. The number of fused-ring (bicyclic) bond motifs is 3. The van der Waals surface area contributed by atoms with Crippen LogP contribution in [0.3, 0.4) is 0 Å². The number of furan rings is 1. The number of hydrogen-bond acceptors (Lipinski definition) is 5. The number of carbonyl (C=O) groups excluding carboxylic acids is 1. The minimum absolute atomic E-state index is 0.00221. The molecule has 1 spiro atoms. The van der Waals surface area contributed by atoms with E-state index >= 15 is 0 Å². The van der Waals surface area contributed by atoms with Gasteiger partial charge in [0.2, 0.25) is 0 Å². The van der Waals surface area contributed by atoms with Gasteiger partial charge in [-0.05, 0) is 80.5 Å². The van der Waals surface area contributed by atoms with E-state index in [4.69, 9.17) is 13.9 Å². The van der Waals surface area contributed by atoms with Gasteiger partial charge in [-0.25, -0.2) is 0 Å². The molecule has 3 heterocycles. The van der Waals surface area contributed by atoms with Crippen LogP contribution in [0, 0.1) is 23.2 Å². The minimum atomic E-state index is -0.0385. The Morgan fingerprint density at radius 2 is 2.00 bits per heavy atom. The average molecular weight is 464 g/mol. The van der Waals surface area contributed by atoms with Crippen molar-refractivity contribution in [3.63, 3.8) is 0 Å². The molecular formula is C29H37NO4. The molecule has 0 unspecified atom stereocenters. The molecule has 7 atom stereocenters. The van der Waals surface area contributed by atoms with Crippen molar-refractivity contribution in [1.29, 1.82) is 0 Å². The highest BCUT2D eigenvalue weighted by Crippen LogP contribution is 2.62. The number of carbonyl (C=O) groups is 1. The molecule has 4 aliphatic rings. The molecule has 1 aromatic heterocycles. The van der Waals surface area contributed by atoms with Gasteiger partial charge in [0, 0.05) is 18.4 Å². The highest BCUT2D eigenvalue weighted by atomic mass is 16.6. The van der Waals surface area contributed by atoms with Gasteiger partial charge < -0.3 is 19.2 Å². The lowest BCUT2D eigenvalue weighted by atomic mass is 9.53. The van der Waals surface area contributed by atoms with Crippen LogP contribution >= 0.6 is 0 Å². The van der Waals surface area contributed by atoms with Gasteiger partial charge in [-0.1, -0.05) is 37.3 Å². The second kappa shape index (κ2) is 8.83. The summed E-state index contributed by atoms with van der Waals surface area (Å²) in [5.74, 6) is 2.21. The number of nitrogens with one attached hydrogen (secondary N) is 1. The number of benzene rings is 1. The standard InChI is InChI=1S/C29H37NO4/c1-28-11-6-12-29(19-33-29)26(28)16-22-23(27(31)34-25(22)17-28)18-30-13-10-21(24-9-5-14-32-24)15-20-7-3-2-4-8-20/h2-5,7-9,14,21-23,25-26,30H,6,10-13,15-19H2,1H3/t21-,22-,23+,25+,26-,28+,29+/m0/s1. The Balaban J connectivity index is 1.07. The van der Waals surface area contributed by atoms with Gasteiger partial charge >= 0.3 is 5.97 Å². The molecular weight excluding hydrogens is 426 g/mol. The largest absolute Gasteiger partial charge is 0.469 e. The maximum atomic E-state index is 12.9. The fourth-order valence-electron chi connectivity index (χ4n) is 7.49. The molecule has 5 nitrogen and oxygen atoms in total. The third-order valence-corrected chi connectivity index (χ3v) is 9.38. The van der Waals surface area contributed by atoms with Gasteiger partial charge in [0.25, 0.3) is 0 Å². The van der Waals surface area contributed by atoms with E-state index < -0.39 is 0 Å². The fourth-order valence-corrected chi connectivity index (χ4v) is 7.49. The Hall–Kier alpha value is -2.11. The predicted octanol–water partition coefficient (Wildman–Crippen LogP) is 5.11. The van der Waals surface area contributed by atoms with Crippen LogP contribution in [0.15, 0.2) is 53.1 Å². The van der Waals surface area contributed by atoms with Crippen molar-refractivity contribution < 1.29 is 18.7 Å². The van der Waals surface area contributed by atoms with Crippen molar-refractivity contribution in [2.45, 2.75) is 69.5 Å². The summed E-state index contributed by atoms with van der Waals surface area (Å²) in [5.41, 5.74) is 1.68. The van der Waals surface area contributed by atoms with Gasteiger partial charge in [-0.3, -0.25) is 4.79 Å². The summed E-state index contributed by atoms with van der Waals surface area (Å²) in [7, 11) is 0. The maximum absolute atomic E-state index is 12.9. The monoisotopic (exact) mass is 463 g/mol. The molecule has 6 rings (SSSR count). The minimum Gasteiger partial charge on any atom is -0.469 e. The molecule has 2 saturated heterocycles. The van der Waals surface area contributed by atoms with E-state index in [1.807, 2.05) is 6.07 Å². The summed E-state index contributed by atoms with van der Waals surface area (Å²) >= 11 is 0. The zero-order chi connectivity index (χ0) is 23.2. The van der Waals surface area contributed by atoms with Crippen LogP contribution in [0.2, 0.25) is 0 Å². The molecule has 4 fully saturated rings. The highest BCUT2D eigenvalue weighted by molar-refractivity contribution is 5.75. The predicted molar refractivity (Wildman–Crippen MR) is 129 cm³/mol. The van der Waals surface area contributed by atoms with E-state index in [1.54, 1.807) is 6.26 Å². The molecule has 0 radical (unpaired) electrons. The van der Waals surface area contributed by atoms with Gasteiger partial charge in [0.1, 0.15) is 11.9 Å². The summed E-state index contributed by atoms with van der Waals surface area (Å²) in [6.07, 6.45) is 9.51. The molecule has 0 amide bonds. The van der Waals surface area contributed by atoms with E-state index in [0.717, 1.165) is 44.6 Å². The molecule has 2 saturated carbocycles. The molecule has 2 aliphatic heterocycles. The summed E-state index contributed by atoms with van der Waals surface area (Å²) < 4.78 is 17.8. The normalized spacial score (nSPS) is 37.1. The third kappa shape index (κ3) is 4.11. The molecule has 34 heavy (non-hydrogen) atoms. The molecule has 0 bridgehead atoms. The van der Waals surface area contributed by atoms with Gasteiger partial charge in [-0.15, -0.1) is 0 Å². The summed E-state index contributed by atoms with van der Waals surface area (Å²) in [5, 5.41) is 3.61. The Morgan fingerprint density at radius 1 is 1.15 bits per heavy atom. The fraction of sp³-hybridized carbons (Fsp3) is 0.621. The number of hydrogen-bond donors (Lipinski definition) is 1. The molecule has 1 N–H and O–H groups in total. The lowest BCUT2D eigenvalue weighted by molar-refractivity contribution is -0.147. The molecule has 2 aromatic rings. The molecule has 5 heteroatoms. The van der Waals surface area contributed by atoms with E-state index in [2.05, 4.69) is 48.6 Å². The van der Waals surface area contributed by atoms with Crippen LogP contribution < -0.4 is 5.32 Å². The Bertz CT molecular complexity index is 985. The van der Waals surface area contributed by atoms with Crippen LogP contribution in [-0.2, 0) is 20.7 Å². The number of epoxide rings is 1. The first kappa shape index (κ1) is 22.4. The lowest BCUT2D eigenvalue weighted by Crippen LogP contribution is -2.51. The van der Waals surface area contributed by atoms with Crippen molar-refractivity contribution in [2.24, 2.45) is 23.2 Å². The second-order valence-corrected chi connectivity index (χ2v) is 11.5. The van der Waals surface area contributed by atoms with Gasteiger partial charge in [-0.2, -0.15) is 0 Å². The van der Waals surface area contributed by atoms with E-state index in [1.165, 1.54) is 24.8 Å². The first-order valence-corrected chi connectivity index (χ1v) is 13.2. The van der Waals surface area contributed by atoms with Crippen molar-refractivity contribution in [3.8, 4) is 0 Å². The lowest BCUT2D eigenvalue weighted by Gasteiger charge is -2.51. The van der Waals surface area contributed by atoms with Crippen LogP contribution in [0.1, 0.15) is 62.7 Å². The second-order valence-electron chi connectivity index (χ2n) is 11.5. The first-order valence-electron chi connectivity index (χ1n) is 13.2. The molecule has 1 aromatic carbocycles. The summed E-state index contributed by atoms with van der Waals surface area (Å²) in [6, 6.07) is 14.6. The SMILES string of the molecule is C[C@]12CCC[C@@]3(CO3)[C@H]1C[C@@H]1[C@@H](C2)OC(=O)[C@@H]1CNCC[C@@H](Cc1ccccc1)c1ccco1. The smallest absolute Gasteiger partial charge is 0.310 e. The van der Waals surface area contributed by atoms with Gasteiger partial charge in [0.15, 0.2) is 0 Å². The quantitative estimate of drug-likeness (QED) is 0.335. The van der Waals surface area contributed by atoms with Crippen LogP contribution in [-0.4, -0.2) is 37.4 Å². The summed E-state index contributed by atoms with van der Waals surface area (Å²) in [4.78, 5) is 12.9. The van der Waals surface area contributed by atoms with E-state index in [9.17, 15) is 4.79 Å². The maximum Gasteiger partial charge on any atom is 0.310 e. The Morgan fingerprint density at radius 3 is 2.76 bits per heavy atom. The zero-order valence-electron chi connectivity index (χ0n) is 20.2. The average Bonchev–Trinajstić information content (AvgIpc) is 3.25. The zero-order valence-corrected chi connectivity index (χ0v) is 20.2. The topological polar surface area (TPSA) is 64.0 Å². The highest BCUT2D eigenvalue weighted by Gasteiger charge is 2.64. The van der Waals surface area contributed by atoms with Crippen molar-refractivity contribution in [2.75, 3.05) is 19.7 Å². The Labute approximate surface area is 202 Å². The van der Waals surface area contributed by atoms with E-state index in [-0.39, 0.29) is 29.0 Å². The number of esters is 1. The van der Waals surface area contributed by atoms with Crippen molar-refractivity contribution >= 4 is 5.97 Å². The number of ether oxygens (including phenoxy) is 2. The van der Waals surface area contributed by atoms with Crippen LogP contribution in [0.25, 0.3) is 0 Å². The van der Waals surface area contributed by atoms with Crippen molar-refractivity contribution in [1.82, 2.24) is 5.32 Å². The van der Waals surface area contributed by atoms with E-state index in [0.29, 0.717) is 24.3 Å². The molecule has 182 valence electrons. The van der Waals surface area contributed by atoms with Crippen molar-refractivity contribution in [3.05, 3.63) is 60.1 Å². The van der Waals surface area contributed by atoms with Crippen LogP contribution in [0.4, 0.5) is 0 Å². The molecule has 2 aliphatic carbocycles. The third-order valence-electron chi connectivity index (χ3n) is 9.38. The summed E-state index contributed by atoms with van der Waals surface area (Å²) in [6.45, 7) is 4.89. The first-order chi connectivity index (χ1) is 16.6.